The lowest BCUT2D eigenvalue weighted by Gasteiger charge is -2.34. The highest BCUT2D eigenvalue weighted by atomic mass is 16.5. The molecule has 0 spiro atoms. The second-order valence-corrected chi connectivity index (χ2v) is 6.50. The van der Waals surface area contributed by atoms with Gasteiger partial charge in [-0.15, -0.1) is 0 Å². The van der Waals surface area contributed by atoms with Crippen LogP contribution in [-0.4, -0.2) is 63.3 Å². The molecular weight excluding hydrogens is 348 g/mol. The summed E-state index contributed by atoms with van der Waals surface area (Å²) in [5.41, 5.74) is 1.20. The molecule has 7 nitrogen and oxygen atoms in total. The predicted molar refractivity (Wildman–Crippen MR) is 100 cm³/mol. The number of piperazine rings is 1. The number of esters is 1. The van der Waals surface area contributed by atoms with Gasteiger partial charge in [0.05, 0.1) is 27.9 Å². The summed E-state index contributed by atoms with van der Waals surface area (Å²) in [5, 5.41) is 0. The Hall–Kier alpha value is -2.51. The molecule has 2 aromatic rings. The summed E-state index contributed by atoms with van der Waals surface area (Å²) >= 11 is 0. The van der Waals surface area contributed by atoms with Gasteiger partial charge in [-0.1, -0.05) is 6.07 Å². The summed E-state index contributed by atoms with van der Waals surface area (Å²) in [5.74, 6) is 2.09. The molecule has 27 heavy (non-hydrogen) atoms. The zero-order chi connectivity index (χ0) is 19.2. The fourth-order valence-corrected chi connectivity index (χ4v) is 3.24. The van der Waals surface area contributed by atoms with Crippen LogP contribution in [0.15, 0.2) is 34.7 Å². The van der Waals surface area contributed by atoms with Crippen LogP contribution in [0.3, 0.4) is 0 Å². The number of hydrogen-bond donors (Lipinski definition) is 0. The van der Waals surface area contributed by atoms with Crippen molar-refractivity contribution >= 4 is 5.97 Å². The lowest BCUT2D eigenvalue weighted by molar-refractivity contribution is 0.0559. The third-order valence-corrected chi connectivity index (χ3v) is 4.75. The van der Waals surface area contributed by atoms with Crippen LogP contribution in [0.4, 0.5) is 0 Å². The number of methoxy groups -OCH3 is 3. The summed E-state index contributed by atoms with van der Waals surface area (Å²) in [6.45, 7) is 5.41. The van der Waals surface area contributed by atoms with Crippen LogP contribution in [0.5, 0.6) is 11.5 Å². The summed E-state index contributed by atoms with van der Waals surface area (Å²) in [6, 6.07) is 9.55. The minimum atomic E-state index is -0.444. The Labute approximate surface area is 159 Å². The monoisotopic (exact) mass is 374 g/mol. The molecule has 146 valence electrons. The molecule has 1 aliphatic heterocycles. The zero-order valence-corrected chi connectivity index (χ0v) is 16.1. The van der Waals surface area contributed by atoms with E-state index in [1.165, 1.54) is 12.7 Å². The molecule has 3 rings (SSSR count). The maximum absolute atomic E-state index is 11.5. The summed E-state index contributed by atoms with van der Waals surface area (Å²) in [4.78, 5) is 16.2. The number of furan rings is 1. The van der Waals surface area contributed by atoms with E-state index in [-0.39, 0.29) is 5.76 Å². The van der Waals surface area contributed by atoms with Crippen molar-refractivity contribution in [2.24, 2.45) is 0 Å². The van der Waals surface area contributed by atoms with Gasteiger partial charge in [-0.3, -0.25) is 9.80 Å². The molecule has 1 aromatic heterocycles. The molecule has 0 atom stereocenters. The molecule has 1 fully saturated rings. The smallest absolute Gasteiger partial charge is 0.373 e. The summed E-state index contributed by atoms with van der Waals surface area (Å²) in [7, 11) is 4.65. The SMILES string of the molecule is COC(=O)c1ccc(CN2CCN(Cc3ccc(OC)c(OC)c3)CC2)o1. The third kappa shape index (κ3) is 4.81. The molecule has 0 radical (unpaired) electrons. The van der Waals surface area contributed by atoms with Crippen molar-refractivity contribution in [3.05, 3.63) is 47.4 Å². The normalized spacial score (nSPS) is 15.5. The minimum Gasteiger partial charge on any atom is -0.493 e. The van der Waals surface area contributed by atoms with Crippen LogP contribution in [0, 0.1) is 0 Å². The first-order chi connectivity index (χ1) is 13.1. The number of hydrogen-bond acceptors (Lipinski definition) is 7. The average molecular weight is 374 g/mol. The van der Waals surface area contributed by atoms with E-state index in [0.717, 1.165) is 50.0 Å². The fraction of sp³-hybridized carbons (Fsp3) is 0.450. The lowest BCUT2D eigenvalue weighted by atomic mass is 10.1. The van der Waals surface area contributed by atoms with Gasteiger partial charge in [0.2, 0.25) is 5.76 Å². The average Bonchev–Trinajstić information content (AvgIpc) is 3.17. The molecule has 1 aliphatic rings. The predicted octanol–water partition coefficient (Wildman–Crippen LogP) is 2.40. The first-order valence-corrected chi connectivity index (χ1v) is 8.95. The number of rotatable bonds is 7. The second kappa shape index (κ2) is 8.92. The van der Waals surface area contributed by atoms with Gasteiger partial charge in [0.25, 0.3) is 0 Å². The maximum atomic E-state index is 11.5. The van der Waals surface area contributed by atoms with Gasteiger partial charge in [0.15, 0.2) is 11.5 Å². The molecule has 1 saturated heterocycles. The van der Waals surface area contributed by atoms with Gasteiger partial charge in [0, 0.05) is 32.7 Å². The third-order valence-electron chi connectivity index (χ3n) is 4.75. The molecule has 0 unspecified atom stereocenters. The Bertz CT molecular complexity index is 765. The number of carbonyl (C=O) groups is 1. The fourth-order valence-electron chi connectivity index (χ4n) is 3.24. The topological polar surface area (TPSA) is 64.4 Å². The van der Waals surface area contributed by atoms with Gasteiger partial charge < -0.3 is 18.6 Å². The van der Waals surface area contributed by atoms with Crippen molar-refractivity contribution in [1.82, 2.24) is 9.80 Å². The first-order valence-electron chi connectivity index (χ1n) is 8.95. The summed E-state index contributed by atoms with van der Waals surface area (Å²) in [6.07, 6.45) is 0. The highest BCUT2D eigenvalue weighted by molar-refractivity contribution is 5.86. The second-order valence-electron chi connectivity index (χ2n) is 6.50. The van der Waals surface area contributed by atoms with Crippen LogP contribution in [0.2, 0.25) is 0 Å². The highest BCUT2D eigenvalue weighted by Crippen LogP contribution is 2.28. The van der Waals surface area contributed by atoms with Crippen LogP contribution in [0.1, 0.15) is 21.9 Å². The number of carbonyl (C=O) groups excluding carboxylic acids is 1. The Morgan fingerprint density at radius 3 is 2.22 bits per heavy atom. The molecule has 0 saturated carbocycles. The minimum absolute atomic E-state index is 0.250. The number of benzene rings is 1. The molecule has 0 aliphatic carbocycles. The van der Waals surface area contributed by atoms with E-state index in [0.29, 0.717) is 6.54 Å². The van der Waals surface area contributed by atoms with Crippen LogP contribution < -0.4 is 9.47 Å². The van der Waals surface area contributed by atoms with Crippen molar-refractivity contribution < 1.29 is 23.4 Å². The Balaban J connectivity index is 1.50. The molecule has 0 amide bonds. The quantitative estimate of drug-likeness (QED) is 0.690. The van der Waals surface area contributed by atoms with E-state index < -0.39 is 5.97 Å². The molecule has 0 bridgehead atoms. The van der Waals surface area contributed by atoms with Crippen molar-refractivity contribution in [2.75, 3.05) is 47.5 Å². The Morgan fingerprint density at radius 2 is 1.59 bits per heavy atom. The van der Waals surface area contributed by atoms with Gasteiger partial charge in [-0.2, -0.15) is 0 Å². The summed E-state index contributed by atoms with van der Waals surface area (Å²) < 4.78 is 20.9. The van der Waals surface area contributed by atoms with Crippen LogP contribution in [0.25, 0.3) is 0 Å². The van der Waals surface area contributed by atoms with Crippen molar-refractivity contribution in [1.29, 1.82) is 0 Å². The zero-order valence-electron chi connectivity index (χ0n) is 16.1. The Kier molecular flexibility index (Phi) is 6.36. The first kappa shape index (κ1) is 19.3. The molecule has 7 heteroatoms. The van der Waals surface area contributed by atoms with E-state index in [9.17, 15) is 4.79 Å². The van der Waals surface area contributed by atoms with Gasteiger partial charge in [-0.05, 0) is 29.8 Å². The van der Waals surface area contributed by atoms with Crippen LogP contribution >= 0.6 is 0 Å². The van der Waals surface area contributed by atoms with Gasteiger partial charge in [-0.25, -0.2) is 4.79 Å². The number of nitrogens with zero attached hydrogens (tertiary/aromatic N) is 2. The van der Waals surface area contributed by atoms with E-state index in [1.807, 2.05) is 18.2 Å². The molecular formula is C20H26N2O5. The lowest BCUT2D eigenvalue weighted by Crippen LogP contribution is -2.45. The molecule has 2 heterocycles. The highest BCUT2D eigenvalue weighted by Gasteiger charge is 2.19. The van der Waals surface area contributed by atoms with Crippen LogP contribution in [-0.2, 0) is 17.8 Å². The molecule has 1 aromatic carbocycles. The van der Waals surface area contributed by atoms with E-state index in [4.69, 9.17) is 13.9 Å². The van der Waals surface area contributed by atoms with Crippen molar-refractivity contribution in [3.8, 4) is 11.5 Å². The number of ether oxygens (including phenoxy) is 3. The Morgan fingerprint density at radius 1 is 0.926 bits per heavy atom. The maximum Gasteiger partial charge on any atom is 0.373 e. The standard InChI is InChI=1S/C20H26N2O5/c1-24-17-6-4-15(12-19(17)25-2)13-21-8-10-22(11-9-21)14-16-5-7-18(27-16)20(23)26-3/h4-7,12H,8-11,13-14H2,1-3H3. The van der Waals surface area contributed by atoms with Gasteiger partial charge >= 0.3 is 5.97 Å². The van der Waals surface area contributed by atoms with Gasteiger partial charge in [0.1, 0.15) is 5.76 Å². The van der Waals surface area contributed by atoms with E-state index in [2.05, 4.69) is 20.6 Å². The van der Waals surface area contributed by atoms with E-state index in [1.54, 1.807) is 20.3 Å². The van der Waals surface area contributed by atoms with E-state index >= 15 is 0 Å². The van der Waals surface area contributed by atoms with Crippen molar-refractivity contribution in [2.45, 2.75) is 13.1 Å². The largest absolute Gasteiger partial charge is 0.493 e. The molecule has 0 N–H and O–H groups in total. The van der Waals surface area contributed by atoms with Crippen molar-refractivity contribution in [3.63, 3.8) is 0 Å².